The summed E-state index contributed by atoms with van der Waals surface area (Å²) in [4.78, 5) is 15.0. The summed E-state index contributed by atoms with van der Waals surface area (Å²) in [6.45, 7) is 1.94. The van der Waals surface area contributed by atoms with Gasteiger partial charge in [0.1, 0.15) is 5.75 Å². The molecule has 4 rings (SSSR count). The number of amides is 1. The standard InChI is InChI=1S/C25H20BrF3N2O2/c1-16(17-6-3-2-4-7-17)30-22-15-23(18-8-5-9-21(14-18)33-25(27,28)29)31(24(22)32)20-12-10-19(26)11-13-20/h2-16,23,30H,1H3/t16-,23?/m1/s1. The Morgan fingerprint density at radius 3 is 2.36 bits per heavy atom. The molecule has 1 unspecified atom stereocenters. The lowest BCUT2D eigenvalue weighted by Crippen LogP contribution is -2.33. The highest BCUT2D eigenvalue weighted by molar-refractivity contribution is 9.10. The van der Waals surface area contributed by atoms with Crippen LogP contribution in [0.15, 0.2) is 95.1 Å². The van der Waals surface area contributed by atoms with Crippen molar-refractivity contribution in [2.45, 2.75) is 25.4 Å². The van der Waals surface area contributed by atoms with E-state index in [1.165, 1.54) is 18.2 Å². The fourth-order valence-electron chi connectivity index (χ4n) is 3.75. The van der Waals surface area contributed by atoms with E-state index in [1.807, 2.05) is 37.3 Å². The second kappa shape index (κ2) is 9.31. The molecule has 3 aromatic carbocycles. The van der Waals surface area contributed by atoms with Gasteiger partial charge in [0.15, 0.2) is 0 Å². The zero-order valence-electron chi connectivity index (χ0n) is 17.5. The lowest BCUT2D eigenvalue weighted by molar-refractivity contribution is -0.274. The van der Waals surface area contributed by atoms with Crippen LogP contribution in [0.1, 0.15) is 30.1 Å². The van der Waals surface area contributed by atoms with Crippen molar-refractivity contribution >= 4 is 27.5 Å². The minimum absolute atomic E-state index is 0.146. The van der Waals surface area contributed by atoms with Gasteiger partial charge in [-0.15, -0.1) is 13.2 Å². The number of hydrogen-bond acceptors (Lipinski definition) is 3. The first-order valence-electron chi connectivity index (χ1n) is 10.2. The predicted molar refractivity (Wildman–Crippen MR) is 124 cm³/mol. The number of alkyl halides is 3. The van der Waals surface area contributed by atoms with Crippen LogP contribution in [-0.2, 0) is 4.79 Å². The third-order valence-electron chi connectivity index (χ3n) is 5.26. The van der Waals surface area contributed by atoms with E-state index in [2.05, 4.69) is 26.0 Å². The molecule has 0 fully saturated rings. The molecule has 0 radical (unpaired) electrons. The number of nitrogens with one attached hydrogen (secondary N) is 1. The van der Waals surface area contributed by atoms with Gasteiger partial charge >= 0.3 is 6.36 Å². The number of halogens is 4. The van der Waals surface area contributed by atoms with E-state index in [4.69, 9.17) is 0 Å². The van der Waals surface area contributed by atoms with Crippen molar-refractivity contribution < 1.29 is 22.7 Å². The van der Waals surface area contributed by atoms with Crippen molar-refractivity contribution in [3.63, 3.8) is 0 Å². The highest BCUT2D eigenvalue weighted by Crippen LogP contribution is 2.37. The van der Waals surface area contributed by atoms with Crippen LogP contribution in [0, 0.1) is 0 Å². The summed E-state index contributed by atoms with van der Waals surface area (Å²) in [5, 5.41) is 3.26. The Labute approximate surface area is 197 Å². The lowest BCUT2D eigenvalue weighted by Gasteiger charge is -2.26. The second-order valence-corrected chi connectivity index (χ2v) is 8.49. The Morgan fingerprint density at radius 1 is 1.00 bits per heavy atom. The molecule has 0 spiro atoms. The minimum atomic E-state index is -4.80. The first-order chi connectivity index (χ1) is 15.7. The fraction of sp³-hybridized carbons (Fsp3) is 0.160. The summed E-state index contributed by atoms with van der Waals surface area (Å²) < 4.78 is 43.2. The summed E-state index contributed by atoms with van der Waals surface area (Å²) in [7, 11) is 0. The Bertz CT molecular complexity index is 1160. The number of benzene rings is 3. The van der Waals surface area contributed by atoms with Gasteiger partial charge in [-0.3, -0.25) is 9.69 Å². The van der Waals surface area contributed by atoms with Gasteiger partial charge in [-0.2, -0.15) is 0 Å². The quantitative estimate of drug-likeness (QED) is 0.397. The zero-order chi connectivity index (χ0) is 23.6. The molecular weight excluding hydrogens is 497 g/mol. The highest BCUT2D eigenvalue weighted by Gasteiger charge is 2.36. The van der Waals surface area contributed by atoms with Crippen LogP contribution in [-0.4, -0.2) is 12.3 Å². The summed E-state index contributed by atoms with van der Waals surface area (Å²) in [5.41, 5.74) is 2.50. The lowest BCUT2D eigenvalue weighted by atomic mass is 10.1. The van der Waals surface area contributed by atoms with E-state index >= 15 is 0 Å². The van der Waals surface area contributed by atoms with Crippen LogP contribution in [0.5, 0.6) is 5.75 Å². The number of carbonyl (C=O) groups excluding carboxylic acids is 1. The number of anilines is 1. The molecule has 2 atom stereocenters. The van der Waals surface area contributed by atoms with Gasteiger partial charge in [0.05, 0.1) is 11.7 Å². The maximum atomic E-state index is 13.4. The summed E-state index contributed by atoms with van der Waals surface area (Å²) >= 11 is 3.39. The molecule has 170 valence electrons. The van der Waals surface area contributed by atoms with E-state index in [-0.39, 0.29) is 17.7 Å². The second-order valence-electron chi connectivity index (χ2n) is 7.57. The third kappa shape index (κ3) is 5.39. The van der Waals surface area contributed by atoms with Gasteiger partial charge in [0.2, 0.25) is 0 Å². The van der Waals surface area contributed by atoms with Crippen LogP contribution in [0.2, 0.25) is 0 Å². The normalized spacial score (nSPS) is 17.0. The average molecular weight is 517 g/mol. The smallest absolute Gasteiger partial charge is 0.406 e. The Balaban J connectivity index is 1.70. The monoisotopic (exact) mass is 516 g/mol. The van der Waals surface area contributed by atoms with Crippen LogP contribution < -0.4 is 15.0 Å². The molecule has 0 aromatic heterocycles. The number of rotatable bonds is 6. The Hall–Kier alpha value is -3.26. The van der Waals surface area contributed by atoms with E-state index < -0.39 is 12.4 Å². The predicted octanol–water partition coefficient (Wildman–Crippen LogP) is 6.67. The summed E-state index contributed by atoms with van der Waals surface area (Å²) in [5.74, 6) is -0.608. The van der Waals surface area contributed by atoms with Crippen molar-refractivity contribution in [3.8, 4) is 5.75 Å². The van der Waals surface area contributed by atoms with Crippen molar-refractivity contribution in [1.29, 1.82) is 0 Å². The van der Waals surface area contributed by atoms with Gasteiger partial charge in [0, 0.05) is 16.2 Å². The molecular formula is C25H20BrF3N2O2. The Morgan fingerprint density at radius 2 is 1.70 bits per heavy atom. The van der Waals surface area contributed by atoms with Gasteiger partial charge in [0.25, 0.3) is 5.91 Å². The van der Waals surface area contributed by atoms with Crippen LogP contribution in [0.4, 0.5) is 18.9 Å². The van der Waals surface area contributed by atoms with Gasteiger partial charge in [-0.1, -0.05) is 58.4 Å². The highest BCUT2D eigenvalue weighted by atomic mass is 79.9. The summed E-state index contributed by atoms with van der Waals surface area (Å²) in [6.07, 6.45) is -3.07. The maximum Gasteiger partial charge on any atom is 0.573 e. The number of hydrogen-bond donors (Lipinski definition) is 1. The largest absolute Gasteiger partial charge is 0.573 e. The molecule has 0 bridgehead atoms. The molecule has 1 N–H and O–H groups in total. The number of carbonyl (C=O) groups is 1. The van der Waals surface area contributed by atoms with Crippen LogP contribution in [0.25, 0.3) is 0 Å². The maximum absolute atomic E-state index is 13.4. The minimum Gasteiger partial charge on any atom is -0.406 e. The van der Waals surface area contributed by atoms with Crippen molar-refractivity contribution in [2.24, 2.45) is 0 Å². The first-order valence-corrected chi connectivity index (χ1v) is 11.0. The number of nitrogens with zero attached hydrogens (tertiary/aromatic N) is 1. The molecule has 8 heteroatoms. The van der Waals surface area contributed by atoms with E-state index in [1.54, 1.807) is 41.3 Å². The van der Waals surface area contributed by atoms with Gasteiger partial charge in [-0.25, -0.2) is 0 Å². The number of ether oxygens (including phenoxy) is 1. The van der Waals surface area contributed by atoms with Gasteiger partial charge < -0.3 is 10.1 Å². The van der Waals surface area contributed by atoms with E-state index in [9.17, 15) is 18.0 Å². The first kappa shape index (κ1) is 22.9. The molecule has 4 nitrogen and oxygen atoms in total. The van der Waals surface area contributed by atoms with Crippen molar-refractivity contribution in [3.05, 3.63) is 106 Å². The van der Waals surface area contributed by atoms with Crippen molar-refractivity contribution in [2.75, 3.05) is 4.90 Å². The molecule has 33 heavy (non-hydrogen) atoms. The van der Waals surface area contributed by atoms with Crippen LogP contribution in [0.3, 0.4) is 0 Å². The molecule has 3 aromatic rings. The zero-order valence-corrected chi connectivity index (χ0v) is 19.1. The van der Waals surface area contributed by atoms with E-state index in [0.29, 0.717) is 16.9 Å². The molecule has 0 saturated carbocycles. The summed E-state index contributed by atoms with van der Waals surface area (Å²) in [6, 6.07) is 21.8. The Kier molecular flexibility index (Phi) is 6.47. The molecule has 1 aliphatic heterocycles. The molecule has 1 heterocycles. The fourth-order valence-corrected chi connectivity index (χ4v) is 4.01. The topological polar surface area (TPSA) is 41.6 Å². The SMILES string of the molecule is C[C@@H](NC1=CC(c2cccc(OC(F)(F)F)c2)N(c2ccc(Br)cc2)C1=O)c1ccccc1. The molecule has 1 aliphatic rings. The molecule has 1 amide bonds. The molecule has 0 saturated heterocycles. The van der Waals surface area contributed by atoms with Gasteiger partial charge in [-0.05, 0) is 60.5 Å². The van der Waals surface area contributed by atoms with Crippen LogP contribution >= 0.6 is 15.9 Å². The van der Waals surface area contributed by atoms with Crippen molar-refractivity contribution in [1.82, 2.24) is 5.32 Å². The average Bonchev–Trinajstić information content (AvgIpc) is 3.10. The van der Waals surface area contributed by atoms with E-state index in [0.717, 1.165) is 10.0 Å². The molecule has 0 aliphatic carbocycles. The third-order valence-corrected chi connectivity index (χ3v) is 5.79.